The van der Waals surface area contributed by atoms with Crippen LogP contribution in [0.15, 0.2) is 58.8 Å². The fourth-order valence-electron chi connectivity index (χ4n) is 2.50. The van der Waals surface area contributed by atoms with Gasteiger partial charge in [-0.05, 0) is 74.2 Å². The highest BCUT2D eigenvalue weighted by Gasteiger charge is 2.01. The SMILES string of the molecule is N/C(=N\O)c1ccc(OCCCCCCOc2ccc(/C(N)=N\O)cc2)cc1. The molecule has 150 valence electrons. The lowest BCUT2D eigenvalue weighted by atomic mass is 10.2. The third kappa shape index (κ3) is 6.71. The minimum Gasteiger partial charge on any atom is -0.494 e. The number of hydrogen-bond donors (Lipinski definition) is 4. The van der Waals surface area contributed by atoms with Crippen molar-refractivity contribution in [1.82, 2.24) is 0 Å². The molecule has 0 aliphatic heterocycles. The van der Waals surface area contributed by atoms with E-state index in [1.54, 1.807) is 48.5 Å². The molecule has 0 aliphatic carbocycles. The maximum absolute atomic E-state index is 8.63. The first-order chi connectivity index (χ1) is 13.6. The van der Waals surface area contributed by atoms with Crippen LogP contribution in [0.4, 0.5) is 0 Å². The molecule has 0 bridgehead atoms. The van der Waals surface area contributed by atoms with Crippen LogP contribution in [0.1, 0.15) is 36.8 Å². The van der Waals surface area contributed by atoms with Gasteiger partial charge in [-0.1, -0.05) is 10.3 Å². The number of benzene rings is 2. The molecule has 0 amide bonds. The zero-order valence-electron chi connectivity index (χ0n) is 15.6. The molecular weight excluding hydrogens is 360 g/mol. The van der Waals surface area contributed by atoms with Crippen molar-refractivity contribution >= 4 is 11.7 Å². The third-order valence-electron chi connectivity index (χ3n) is 4.09. The summed E-state index contributed by atoms with van der Waals surface area (Å²) in [7, 11) is 0. The van der Waals surface area contributed by atoms with Crippen molar-refractivity contribution in [3.05, 3.63) is 59.7 Å². The molecule has 2 aromatic rings. The lowest BCUT2D eigenvalue weighted by Crippen LogP contribution is -2.12. The van der Waals surface area contributed by atoms with Crippen molar-refractivity contribution in [3.63, 3.8) is 0 Å². The highest BCUT2D eigenvalue weighted by atomic mass is 16.5. The Bertz CT molecular complexity index is 706. The number of amidine groups is 2. The standard InChI is InChI=1S/C20H26N4O4/c21-19(23-25)15-5-9-17(10-6-15)27-13-3-1-2-4-14-28-18-11-7-16(8-12-18)20(22)24-26/h5-12,25-26H,1-4,13-14H2,(H2,21,23)(H2,22,24). The molecule has 0 heterocycles. The summed E-state index contributed by atoms with van der Waals surface area (Å²) in [6.07, 6.45) is 4.01. The van der Waals surface area contributed by atoms with E-state index in [4.69, 9.17) is 31.4 Å². The van der Waals surface area contributed by atoms with E-state index < -0.39 is 0 Å². The van der Waals surface area contributed by atoms with E-state index in [0.717, 1.165) is 37.2 Å². The van der Waals surface area contributed by atoms with Crippen LogP contribution in [0.25, 0.3) is 0 Å². The van der Waals surface area contributed by atoms with Crippen molar-refractivity contribution in [3.8, 4) is 11.5 Å². The molecule has 0 fully saturated rings. The topological polar surface area (TPSA) is 136 Å². The molecule has 2 aromatic carbocycles. The Balaban J connectivity index is 1.55. The van der Waals surface area contributed by atoms with Crippen molar-refractivity contribution < 1.29 is 19.9 Å². The van der Waals surface area contributed by atoms with Gasteiger partial charge in [-0.2, -0.15) is 0 Å². The molecule has 0 aromatic heterocycles. The second-order valence-electron chi connectivity index (χ2n) is 6.13. The van der Waals surface area contributed by atoms with Gasteiger partial charge in [0, 0.05) is 11.1 Å². The van der Waals surface area contributed by atoms with Crippen LogP contribution in [0.5, 0.6) is 11.5 Å². The van der Waals surface area contributed by atoms with Gasteiger partial charge in [0.25, 0.3) is 0 Å². The molecule has 2 rings (SSSR count). The average molecular weight is 386 g/mol. The molecule has 0 atom stereocenters. The Hall–Kier alpha value is -3.42. The van der Waals surface area contributed by atoms with Crippen molar-refractivity contribution in [2.24, 2.45) is 21.8 Å². The highest BCUT2D eigenvalue weighted by molar-refractivity contribution is 5.97. The molecular formula is C20H26N4O4. The predicted octanol–water partition coefficient (Wildman–Crippen LogP) is 2.89. The van der Waals surface area contributed by atoms with Gasteiger partial charge in [0.15, 0.2) is 11.7 Å². The zero-order valence-corrected chi connectivity index (χ0v) is 15.6. The van der Waals surface area contributed by atoms with Crippen LogP contribution in [-0.4, -0.2) is 35.3 Å². The average Bonchev–Trinajstić information content (AvgIpc) is 2.75. The molecule has 8 nitrogen and oxygen atoms in total. The minimum atomic E-state index is 0.0767. The maximum atomic E-state index is 8.63. The number of unbranched alkanes of at least 4 members (excludes halogenated alkanes) is 3. The van der Waals surface area contributed by atoms with Gasteiger partial charge in [-0.25, -0.2) is 0 Å². The summed E-state index contributed by atoms with van der Waals surface area (Å²) in [5.41, 5.74) is 12.3. The van der Waals surface area contributed by atoms with Gasteiger partial charge in [0.05, 0.1) is 13.2 Å². The lowest BCUT2D eigenvalue weighted by Gasteiger charge is -2.08. The Labute approximate surface area is 164 Å². The molecule has 0 unspecified atom stereocenters. The normalized spacial score (nSPS) is 12.0. The Morgan fingerprint density at radius 1 is 0.643 bits per heavy atom. The van der Waals surface area contributed by atoms with Crippen molar-refractivity contribution in [2.75, 3.05) is 13.2 Å². The molecule has 0 spiro atoms. The fraction of sp³-hybridized carbons (Fsp3) is 0.300. The summed E-state index contributed by atoms with van der Waals surface area (Å²) >= 11 is 0. The molecule has 0 saturated heterocycles. The number of oxime groups is 2. The monoisotopic (exact) mass is 386 g/mol. The quantitative estimate of drug-likeness (QED) is 0.154. The summed E-state index contributed by atoms with van der Waals surface area (Å²) in [5, 5.41) is 23.2. The van der Waals surface area contributed by atoms with E-state index in [1.165, 1.54) is 0 Å². The summed E-state index contributed by atoms with van der Waals surface area (Å²) < 4.78 is 11.4. The predicted molar refractivity (Wildman–Crippen MR) is 107 cm³/mol. The number of nitrogens with zero attached hydrogens (tertiary/aromatic N) is 2. The van der Waals surface area contributed by atoms with E-state index in [9.17, 15) is 0 Å². The number of hydrogen-bond acceptors (Lipinski definition) is 6. The van der Waals surface area contributed by atoms with Crippen LogP contribution < -0.4 is 20.9 Å². The molecule has 6 N–H and O–H groups in total. The Morgan fingerprint density at radius 2 is 1.00 bits per heavy atom. The Morgan fingerprint density at radius 3 is 1.32 bits per heavy atom. The van der Waals surface area contributed by atoms with Crippen LogP contribution in [0.3, 0.4) is 0 Å². The zero-order chi connectivity index (χ0) is 20.2. The van der Waals surface area contributed by atoms with Crippen LogP contribution >= 0.6 is 0 Å². The van der Waals surface area contributed by atoms with E-state index >= 15 is 0 Å². The highest BCUT2D eigenvalue weighted by Crippen LogP contribution is 2.14. The minimum absolute atomic E-state index is 0.0767. The number of ether oxygens (including phenoxy) is 2. The van der Waals surface area contributed by atoms with E-state index in [0.29, 0.717) is 24.3 Å². The summed E-state index contributed by atoms with van der Waals surface area (Å²) in [5.74, 6) is 1.67. The van der Waals surface area contributed by atoms with Crippen LogP contribution in [-0.2, 0) is 0 Å². The van der Waals surface area contributed by atoms with Crippen LogP contribution in [0, 0.1) is 0 Å². The van der Waals surface area contributed by atoms with E-state index in [-0.39, 0.29) is 11.7 Å². The first-order valence-corrected chi connectivity index (χ1v) is 9.05. The number of nitrogens with two attached hydrogens (primary N) is 2. The molecule has 28 heavy (non-hydrogen) atoms. The van der Waals surface area contributed by atoms with Gasteiger partial charge < -0.3 is 31.4 Å². The largest absolute Gasteiger partial charge is 0.494 e. The first-order valence-electron chi connectivity index (χ1n) is 9.05. The lowest BCUT2D eigenvalue weighted by molar-refractivity contribution is 0.287. The maximum Gasteiger partial charge on any atom is 0.170 e. The number of rotatable bonds is 11. The van der Waals surface area contributed by atoms with Gasteiger partial charge >= 0.3 is 0 Å². The molecule has 8 heteroatoms. The second kappa shape index (κ2) is 11.3. The second-order valence-corrected chi connectivity index (χ2v) is 6.13. The van der Waals surface area contributed by atoms with Gasteiger partial charge in [0.1, 0.15) is 11.5 Å². The fourth-order valence-corrected chi connectivity index (χ4v) is 2.50. The van der Waals surface area contributed by atoms with E-state index in [1.807, 2.05) is 0 Å². The molecule has 0 aliphatic rings. The smallest absolute Gasteiger partial charge is 0.170 e. The first kappa shape index (κ1) is 20.9. The molecule has 0 radical (unpaired) electrons. The van der Waals surface area contributed by atoms with Gasteiger partial charge in [-0.15, -0.1) is 0 Å². The summed E-state index contributed by atoms with van der Waals surface area (Å²) in [6.45, 7) is 1.28. The van der Waals surface area contributed by atoms with Crippen LogP contribution in [0.2, 0.25) is 0 Å². The third-order valence-corrected chi connectivity index (χ3v) is 4.09. The van der Waals surface area contributed by atoms with Crippen molar-refractivity contribution in [2.45, 2.75) is 25.7 Å². The summed E-state index contributed by atoms with van der Waals surface area (Å²) in [6, 6.07) is 14.2. The molecule has 0 saturated carbocycles. The van der Waals surface area contributed by atoms with Crippen molar-refractivity contribution in [1.29, 1.82) is 0 Å². The van der Waals surface area contributed by atoms with E-state index in [2.05, 4.69) is 10.3 Å². The van der Waals surface area contributed by atoms with Gasteiger partial charge in [0.2, 0.25) is 0 Å². The van der Waals surface area contributed by atoms with Gasteiger partial charge in [-0.3, -0.25) is 0 Å². The summed E-state index contributed by atoms with van der Waals surface area (Å²) in [4.78, 5) is 0. The Kier molecular flexibility index (Phi) is 8.45.